The van der Waals surface area contributed by atoms with Crippen molar-refractivity contribution in [1.82, 2.24) is 15.3 Å². The first-order valence-corrected chi connectivity index (χ1v) is 7.43. The number of nitrogens with zero attached hydrogens (tertiary/aromatic N) is 3. The second kappa shape index (κ2) is 6.85. The van der Waals surface area contributed by atoms with Crippen molar-refractivity contribution < 1.29 is 0 Å². The molecule has 106 valence electrons. The van der Waals surface area contributed by atoms with Gasteiger partial charge >= 0.3 is 0 Å². The van der Waals surface area contributed by atoms with Crippen molar-refractivity contribution in [1.29, 1.82) is 0 Å². The van der Waals surface area contributed by atoms with Crippen LogP contribution in [0.2, 0.25) is 0 Å². The Morgan fingerprint density at radius 2 is 2.21 bits per heavy atom. The summed E-state index contributed by atoms with van der Waals surface area (Å²) in [6.45, 7) is 9.79. The first-order chi connectivity index (χ1) is 9.16. The van der Waals surface area contributed by atoms with Crippen LogP contribution in [-0.2, 0) is 0 Å². The fourth-order valence-electron chi connectivity index (χ4n) is 2.65. The molecule has 0 aliphatic carbocycles. The molecule has 19 heavy (non-hydrogen) atoms. The van der Waals surface area contributed by atoms with Crippen LogP contribution in [0.3, 0.4) is 0 Å². The SMILES string of the molecule is Cc1cc(N2CCCCC2CNCC(C)C)ncn1. The lowest BCUT2D eigenvalue weighted by atomic mass is 10.0. The van der Waals surface area contributed by atoms with E-state index in [1.165, 1.54) is 19.3 Å². The van der Waals surface area contributed by atoms with Gasteiger partial charge < -0.3 is 10.2 Å². The molecule has 1 saturated heterocycles. The van der Waals surface area contributed by atoms with Crippen LogP contribution < -0.4 is 10.2 Å². The Kier molecular flexibility index (Phi) is 5.14. The van der Waals surface area contributed by atoms with Gasteiger partial charge in [-0.3, -0.25) is 0 Å². The molecule has 1 aromatic rings. The molecule has 1 aromatic heterocycles. The predicted octanol–water partition coefficient (Wildman–Crippen LogP) is 2.39. The molecular weight excluding hydrogens is 236 g/mol. The first-order valence-electron chi connectivity index (χ1n) is 7.43. The number of piperidine rings is 1. The fraction of sp³-hybridized carbons (Fsp3) is 0.733. The zero-order chi connectivity index (χ0) is 13.7. The molecule has 0 bridgehead atoms. The maximum absolute atomic E-state index is 4.44. The highest BCUT2D eigenvalue weighted by atomic mass is 15.2. The molecule has 1 unspecified atom stereocenters. The summed E-state index contributed by atoms with van der Waals surface area (Å²) in [5, 5.41) is 3.58. The number of nitrogens with one attached hydrogen (secondary N) is 1. The van der Waals surface area contributed by atoms with Gasteiger partial charge in [-0.05, 0) is 38.6 Å². The van der Waals surface area contributed by atoms with Crippen molar-refractivity contribution in [3.63, 3.8) is 0 Å². The summed E-state index contributed by atoms with van der Waals surface area (Å²) in [6.07, 6.45) is 5.53. The third-order valence-electron chi connectivity index (χ3n) is 3.64. The highest BCUT2D eigenvalue weighted by molar-refractivity contribution is 5.40. The van der Waals surface area contributed by atoms with Gasteiger partial charge in [0.15, 0.2) is 0 Å². The topological polar surface area (TPSA) is 41.0 Å². The molecule has 4 nitrogen and oxygen atoms in total. The van der Waals surface area contributed by atoms with E-state index in [0.717, 1.165) is 31.1 Å². The smallest absolute Gasteiger partial charge is 0.132 e. The van der Waals surface area contributed by atoms with Crippen molar-refractivity contribution in [2.75, 3.05) is 24.5 Å². The Balaban J connectivity index is 1.99. The number of hydrogen-bond donors (Lipinski definition) is 1. The minimum absolute atomic E-state index is 0.571. The van der Waals surface area contributed by atoms with E-state index in [1.54, 1.807) is 6.33 Å². The Bertz CT molecular complexity index is 391. The average Bonchev–Trinajstić information content (AvgIpc) is 2.39. The molecule has 2 heterocycles. The highest BCUT2D eigenvalue weighted by Crippen LogP contribution is 2.22. The Morgan fingerprint density at radius 1 is 1.37 bits per heavy atom. The maximum Gasteiger partial charge on any atom is 0.132 e. The van der Waals surface area contributed by atoms with Crippen LogP contribution in [0.1, 0.15) is 38.8 Å². The zero-order valence-electron chi connectivity index (χ0n) is 12.4. The van der Waals surface area contributed by atoms with Crippen molar-refractivity contribution >= 4 is 5.82 Å². The highest BCUT2D eigenvalue weighted by Gasteiger charge is 2.23. The van der Waals surface area contributed by atoms with E-state index in [9.17, 15) is 0 Å². The van der Waals surface area contributed by atoms with E-state index in [-0.39, 0.29) is 0 Å². The largest absolute Gasteiger partial charge is 0.352 e. The van der Waals surface area contributed by atoms with Gasteiger partial charge in [0.05, 0.1) is 0 Å². The van der Waals surface area contributed by atoms with Gasteiger partial charge in [0.25, 0.3) is 0 Å². The molecule has 1 N–H and O–H groups in total. The second-order valence-electron chi connectivity index (χ2n) is 5.91. The van der Waals surface area contributed by atoms with Gasteiger partial charge in [-0.2, -0.15) is 0 Å². The summed E-state index contributed by atoms with van der Waals surface area (Å²) < 4.78 is 0. The van der Waals surface area contributed by atoms with E-state index in [4.69, 9.17) is 0 Å². The molecule has 0 aromatic carbocycles. The average molecular weight is 262 g/mol. The third-order valence-corrected chi connectivity index (χ3v) is 3.64. The van der Waals surface area contributed by atoms with Crippen LogP contribution in [0.4, 0.5) is 5.82 Å². The summed E-state index contributed by atoms with van der Waals surface area (Å²) in [5.74, 6) is 1.79. The normalized spacial score (nSPS) is 20.0. The van der Waals surface area contributed by atoms with E-state index in [0.29, 0.717) is 12.0 Å². The molecule has 0 amide bonds. The lowest BCUT2D eigenvalue weighted by Gasteiger charge is -2.37. The lowest BCUT2D eigenvalue weighted by molar-refractivity contribution is 0.420. The fourth-order valence-corrected chi connectivity index (χ4v) is 2.65. The van der Waals surface area contributed by atoms with Crippen LogP contribution in [0.5, 0.6) is 0 Å². The summed E-state index contributed by atoms with van der Waals surface area (Å²) in [5.41, 5.74) is 1.05. The van der Waals surface area contributed by atoms with Crippen LogP contribution >= 0.6 is 0 Å². The van der Waals surface area contributed by atoms with Crippen molar-refractivity contribution in [2.45, 2.75) is 46.1 Å². The molecule has 0 saturated carbocycles. The third kappa shape index (κ3) is 4.16. The molecule has 4 heteroatoms. The van der Waals surface area contributed by atoms with Gasteiger partial charge in [-0.25, -0.2) is 9.97 Å². The van der Waals surface area contributed by atoms with Gasteiger partial charge in [-0.15, -0.1) is 0 Å². The van der Waals surface area contributed by atoms with Crippen LogP contribution in [0, 0.1) is 12.8 Å². The lowest BCUT2D eigenvalue weighted by Crippen LogP contribution is -2.46. The van der Waals surface area contributed by atoms with E-state index in [2.05, 4.69) is 40.1 Å². The summed E-state index contributed by atoms with van der Waals surface area (Å²) in [7, 11) is 0. The molecule has 1 atom stereocenters. The maximum atomic E-state index is 4.44. The summed E-state index contributed by atoms with van der Waals surface area (Å²) in [6, 6.07) is 2.67. The van der Waals surface area contributed by atoms with Crippen LogP contribution in [0.15, 0.2) is 12.4 Å². The summed E-state index contributed by atoms with van der Waals surface area (Å²) in [4.78, 5) is 11.1. The molecule has 1 aliphatic rings. The van der Waals surface area contributed by atoms with Crippen LogP contribution in [-0.4, -0.2) is 35.6 Å². The van der Waals surface area contributed by atoms with Crippen molar-refractivity contribution in [3.8, 4) is 0 Å². The van der Waals surface area contributed by atoms with Crippen molar-refractivity contribution in [3.05, 3.63) is 18.1 Å². The number of hydrogen-bond acceptors (Lipinski definition) is 4. The molecule has 0 spiro atoms. The number of aromatic nitrogens is 2. The molecule has 0 radical (unpaired) electrons. The van der Waals surface area contributed by atoms with Gasteiger partial charge in [-0.1, -0.05) is 13.8 Å². The Labute approximate surface area is 116 Å². The quantitative estimate of drug-likeness (QED) is 0.884. The standard InChI is InChI=1S/C15H26N4/c1-12(2)9-16-10-14-6-4-5-7-19(14)15-8-13(3)17-11-18-15/h8,11-12,14,16H,4-7,9-10H2,1-3H3. The van der Waals surface area contributed by atoms with Crippen molar-refractivity contribution in [2.24, 2.45) is 5.92 Å². The number of anilines is 1. The minimum Gasteiger partial charge on any atom is -0.352 e. The summed E-state index contributed by atoms with van der Waals surface area (Å²) >= 11 is 0. The molecular formula is C15H26N4. The van der Waals surface area contributed by atoms with E-state index >= 15 is 0 Å². The predicted molar refractivity (Wildman–Crippen MR) is 79.5 cm³/mol. The van der Waals surface area contributed by atoms with Crippen LogP contribution in [0.25, 0.3) is 0 Å². The molecule has 1 fully saturated rings. The second-order valence-corrected chi connectivity index (χ2v) is 5.91. The van der Waals surface area contributed by atoms with E-state index < -0.39 is 0 Å². The monoisotopic (exact) mass is 262 g/mol. The van der Waals surface area contributed by atoms with Gasteiger partial charge in [0.2, 0.25) is 0 Å². The Hall–Kier alpha value is -1.16. The first kappa shape index (κ1) is 14.3. The molecule has 1 aliphatic heterocycles. The van der Waals surface area contributed by atoms with Gasteiger partial charge in [0, 0.05) is 30.9 Å². The molecule has 2 rings (SSSR count). The van der Waals surface area contributed by atoms with E-state index in [1.807, 2.05) is 6.92 Å². The van der Waals surface area contributed by atoms with Gasteiger partial charge in [0.1, 0.15) is 12.1 Å². The minimum atomic E-state index is 0.571. The Morgan fingerprint density at radius 3 is 2.95 bits per heavy atom. The zero-order valence-corrected chi connectivity index (χ0v) is 12.4. The number of rotatable bonds is 5. The number of aryl methyl sites for hydroxylation is 1.